The third kappa shape index (κ3) is 7.51. The van der Waals surface area contributed by atoms with Crippen molar-refractivity contribution >= 4 is 5.96 Å². The van der Waals surface area contributed by atoms with E-state index in [1.54, 1.807) is 14.2 Å². The van der Waals surface area contributed by atoms with Crippen molar-refractivity contribution in [3.63, 3.8) is 0 Å². The second-order valence-electron chi connectivity index (χ2n) is 2.29. The molecule has 0 aliphatic heterocycles. The Morgan fingerprint density at radius 2 is 2.00 bits per heavy atom. The number of aliphatic imine (C=N–C) groups is 1. The van der Waals surface area contributed by atoms with Gasteiger partial charge >= 0.3 is 0 Å². The first-order valence-corrected chi connectivity index (χ1v) is 4.08. The highest BCUT2D eigenvalue weighted by molar-refractivity contribution is 5.79. The van der Waals surface area contributed by atoms with Crippen molar-refractivity contribution in [1.82, 2.24) is 10.7 Å². The molecule has 6 heteroatoms. The molecule has 0 saturated heterocycles. The largest absolute Gasteiger partial charge is 0.383 e. The van der Waals surface area contributed by atoms with Crippen LogP contribution in [0.15, 0.2) is 4.99 Å². The minimum atomic E-state index is 0.550. The zero-order valence-electron chi connectivity index (χ0n) is 8.17. The third-order valence-electron chi connectivity index (χ3n) is 1.30. The fourth-order valence-corrected chi connectivity index (χ4v) is 0.673. The lowest BCUT2D eigenvalue weighted by atomic mass is 10.6. The van der Waals surface area contributed by atoms with Crippen molar-refractivity contribution in [1.29, 1.82) is 0 Å². The molecule has 0 fully saturated rings. The summed E-state index contributed by atoms with van der Waals surface area (Å²) in [7, 11) is 3.27. The summed E-state index contributed by atoms with van der Waals surface area (Å²) < 4.78 is 9.69. The summed E-state index contributed by atoms with van der Waals surface area (Å²) in [6, 6.07) is 0. The molecule has 0 aromatic heterocycles. The van der Waals surface area contributed by atoms with Crippen molar-refractivity contribution in [2.24, 2.45) is 10.8 Å². The fraction of sp³-hybridized carbons (Fsp3) is 0.857. The van der Waals surface area contributed by atoms with E-state index in [4.69, 9.17) is 15.3 Å². The van der Waals surface area contributed by atoms with Crippen LogP contribution in [0.3, 0.4) is 0 Å². The molecule has 0 atom stereocenters. The van der Waals surface area contributed by atoms with Gasteiger partial charge in [0.2, 0.25) is 5.96 Å². The van der Waals surface area contributed by atoms with E-state index in [0.717, 1.165) is 0 Å². The van der Waals surface area contributed by atoms with Gasteiger partial charge in [-0.15, -0.1) is 0 Å². The summed E-state index contributed by atoms with van der Waals surface area (Å²) in [4.78, 5) is 4.09. The van der Waals surface area contributed by atoms with Crippen LogP contribution in [-0.4, -0.2) is 46.5 Å². The lowest BCUT2D eigenvalue weighted by Crippen LogP contribution is -2.43. The minimum Gasteiger partial charge on any atom is -0.383 e. The molecule has 0 rings (SSSR count). The maximum Gasteiger partial charge on any atom is 0.205 e. The van der Waals surface area contributed by atoms with Crippen molar-refractivity contribution in [3.05, 3.63) is 0 Å². The molecule has 0 amide bonds. The zero-order valence-corrected chi connectivity index (χ0v) is 8.17. The second kappa shape index (κ2) is 9.24. The van der Waals surface area contributed by atoms with Crippen LogP contribution >= 0.6 is 0 Å². The SMILES string of the molecule is COCCN=C(NN)NCCOC. The van der Waals surface area contributed by atoms with Gasteiger partial charge in [0.25, 0.3) is 0 Å². The molecule has 0 heterocycles. The van der Waals surface area contributed by atoms with E-state index in [1.165, 1.54) is 0 Å². The van der Waals surface area contributed by atoms with Gasteiger partial charge in [-0.2, -0.15) is 0 Å². The summed E-state index contributed by atoms with van der Waals surface area (Å²) in [5, 5.41) is 2.96. The molecule has 0 aromatic rings. The minimum absolute atomic E-state index is 0.550. The Hall–Kier alpha value is -0.850. The number of hydrogen-bond acceptors (Lipinski definition) is 4. The number of methoxy groups -OCH3 is 2. The molecule has 0 radical (unpaired) electrons. The quantitative estimate of drug-likeness (QED) is 0.159. The van der Waals surface area contributed by atoms with E-state index < -0.39 is 0 Å². The lowest BCUT2D eigenvalue weighted by molar-refractivity contribution is 0.203. The van der Waals surface area contributed by atoms with Gasteiger partial charge in [-0.25, -0.2) is 10.8 Å². The molecule has 0 saturated carbocycles. The summed E-state index contributed by atoms with van der Waals surface area (Å²) in [5.41, 5.74) is 2.45. The maximum absolute atomic E-state index is 5.21. The zero-order chi connectivity index (χ0) is 9.94. The number of rotatable bonds is 6. The van der Waals surface area contributed by atoms with E-state index in [0.29, 0.717) is 32.3 Å². The van der Waals surface area contributed by atoms with E-state index in [1.807, 2.05) is 0 Å². The lowest BCUT2D eigenvalue weighted by Gasteiger charge is -2.07. The topological polar surface area (TPSA) is 80.9 Å². The van der Waals surface area contributed by atoms with Crippen LogP contribution in [0.5, 0.6) is 0 Å². The number of hydrazine groups is 1. The molecule has 0 aromatic carbocycles. The molecule has 13 heavy (non-hydrogen) atoms. The van der Waals surface area contributed by atoms with Gasteiger partial charge in [-0.1, -0.05) is 0 Å². The number of nitrogens with one attached hydrogen (secondary N) is 2. The monoisotopic (exact) mass is 190 g/mol. The van der Waals surface area contributed by atoms with E-state index in [-0.39, 0.29) is 0 Å². The number of hydrogen-bond donors (Lipinski definition) is 3. The first-order chi connectivity index (χ1) is 6.35. The highest BCUT2D eigenvalue weighted by Gasteiger charge is 1.92. The Bertz CT molecular complexity index is 140. The average Bonchev–Trinajstić information content (AvgIpc) is 2.16. The van der Waals surface area contributed by atoms with Crippen LogP contribution in [0.25, 0.3) is 0 Å². The molecule has 78 valence electrons. The maximum atomic E-state index is 5.21. The number of ether oxygens (including phenoxy) is 2. The Morgan fingerprint density at radius 3 is 2.54 bits per heavy atom. The van der Waals surface area contributed by atoms with Gasteiger partial charge in [0.05, 0.1) is 19.8 Å². The molecule has 6 nitrogen and oxygen atoms in total. The summed E-state index contributed by atoms with van der Waals surface area (Å²) in [5.74, 6) is 5.76. The molecule has 0 aliphatic rings. The Morgan fingerprint density at radius 1 is 1.31 bits per heavy atom. The number of nitrogens with two attached hydrogens (primary N) is 1. The standard InChI is InChI=1S/C7H18N4O2/c1-12-5-3-9-7(11-8)10-4-6-13-2/h3-6,8H2,1-2H3,(H2,9,10,11). The molecular weight excluding hydrogens is 172 g/mol. The van der Waals surface area contributed by atoms with Gasteiger partial charge < -0.3 is 14.8 Å². The molecule has 4 N–H and O–H groups in total. The van der Waals surface area contributed by atoms with Gasteiger partial charge in [0, 0.05) is 20.8 Å². The first kappa shape index (κ1) is 12.2. The van der Waals surface area contributed by atoms with Crippen molar-refractivity contribution in [3.8, 4) is 0 Å². The van der Waals surface area contributed by atoms with Crippen LogP contribution in [0, 0.1) is 0 Å². The van der Waals surface area contributed by atoms with Crippen molar-refractivity contribution in [2.45, 2.75) is 0 Å². The highest BCUT2D eigenvalue weighted by Crippen LogP contribution is 1.73. The normalized spacial score (nSPS) is 11.5. The predicted octanol–water partition coefficient (Wildman–Crippen LogP) is -1.31. The Balaban J connectivity index is 3.54. The second-order valence-corrected chi connectivity index (χ2v) is 2.29. The van der Waals surface area contributed by atoms with Crippen molar-refractivity contribution < 1.29 is 9.47 Å². The van der Waals surface area contributed by atoms with Crippen LogP contribution in [0.4, 0.5) is 0 Å². The molecule has 0 bridgehead atoms. The van der Waals surface area contributed by atoms with Crippen molar-refractivity contribution in [2.75, 3.05) is 40.5 Å². The third-order valence-corrected chi connectivity index (χ3v) is 1.30. The molecule has 0 aliphatic carbocycles. The first-order valence-electron chi connectivity index (χ1n) is 4.08. The van der Waals surface area contributed by atoms with E-state index in [2.05, 4.69) is 15.7 Å². The number of guanidine groups is 1. The van der Waals surface area contributed by atoms with Crippen LogP contribution in [0.1, 0.15) is 0 Å². The molecular formula is C7H18N4O2. The van der Waals surface area contributed by atoms with Crippen LogP contribution < -0.4 is 16.6 Å². The van der Waals surface area contributed by atoms with Crippen LogP contribution in [0.2, 0.25) is 0 Å². The van der Waals surface area contributed by atoms with Gasteiger partial charge in [0.1, 0.15) is 0 Å². The highest BCUT2D eigenvalue weighted by atomic mass is 16.5. The predicted molar refractivity (Wildman–Crippen MR) is 51.4 cm³/mol. The van der Waals surface area contributed by atoms with Gasteiger partial charge in [0.15, 0.2) is 0 Å². The smallest absolute Gasteiger partial charge is 0.205 e. The Labute approximate surface area is 78.5 Å². The van der Waals surface area contributed by atoms with E-state index in [9.17, 15) is 0 Å². The summed E-state index contributed by atoms with van der Waals surface area (Å²) >= 11 is 0. The van der Waals surface area contributed by atoms with Crippen LogP contribution in [-0.2, 0) is 9.47 Å². The van der Waals surface area contributed by atoms with Gasteiger partial charge in [-0.05, 0) is 0 Å². The Kier molecular flexibility index (Phi) is 8.64. The summed E-state index contributed by atoms with van der Waals surface area (Å²) in [6.07, 6.45) is 0. The summed E-state index contributed by atoms with van der Waals surface area (Å²) in [6.45, 7) is 2.45. The fourth-order valence-electron chi connectivity index (χ4n) is 0.673. The average molecular weight is 190 g/mol. The molecule has 0 spiro atoms. The molecule has 0 unspecified atom stereocenters. The van der Waals surface area contributed by atoms with E-state index >= 15 is 0 Å². The number of nitrogens with zero attached hydrogens (tertiary/aromatic N) is 1. The van der Waals surface area contributed by atoms with Gasteiger partial charge in [-0.3, -0.25) is 5.43 Å².